The number of carbonyl (C=O) groups is 1. The molecular weight excluding hydrogens is 316 g/mol. The smallest absolute Gasteiger partial charge is 0.252 e. The lowest BCUT2D eigenvalue weighted by atomic mass is 10.2. The lowest BCUT2D eigenvalue weighted by Crippen LogP contribution is -2.33. The van der Waals surface area contributed by atoms with Gasteiger partial charge in [-0.2, -0.15) is 0 Å². The Balaban J connectivity index is 2.31. The minimum Gasteiger partial charge on any atom is -0.495 e. The molecule has 23 heavy (non-hydrogen) atoms. The van der Waals surface area contributed by atoms with Gasteiger partial charge in [-0.15, -0.1) is 6.42 Å². The molecule has 0 heterocycles. The molecule has 1 fully saturated rings. The highest BCUT2D eigenvalue weighted by Gasteiger charge is 2.26. The van der Waals surface area contributed by atoms with Crippen LogP contribution in [0.2, 0.25) is 0 Å². The topological polar surface area (TPSA) is 84.5 Å². The SMILES string of the molecule is C#CCNC(=O)c1ccc(OC)c(S(=O)(=O)NC2CCCC2)c1. The number of methoxy groups -OCH3 is 1. The lowest BCUT2D eigenvalue weighted by Gasteiger charge is -2.15. The summed E-state index contributed by atoms with van der Waals surface area (Å²) in [6.45, 7) is 0.0767. The summed E-state index contributed by atoms with van der Waals surface area (Å²) >= 11 is 0. The van der Waals surface area contributed by atoms with E-state index < -0.39 is 15.9 Å². The maximum absolute atomic E-state index is 12.6. The Hall–Kier alpha value is -2.04. The van der Waals surface area contributed by atoms with Gasteiger partial charge in [0.05, 0.1) is 13.7 Å². The van der Waals surface area contributed by atoms with Crippen LogP contribution in [0.25, 0.3) is 0 Å². The number of rotatable bonds is 6. The average Bonchev–Trinajstić information content (AvgIpc) is 3.04. The first-order chi connectivity index (χ1) is 11.0. The quantitative estimate of drug-likeness (QED) is 0.767. The van der Waals surface area contributed by atoms with E-state index in [1.165, 1.54) is 25.3 Å². The zero-order valence-corrected chi connectivity index (χ0v) is 13.8. The summed E-state index contributed by atoms with van der Waals surface area (Å²) in [4.78, 5) is 11.9. The van der Waals surface area contributed by atoms with Gasteiger partial charge in [-0.1, -0.05) is 18.8 Å². The fourth-order valence-electron chi connectivity index (χ4n) is 2.59. The van der Waals surface area contributed by atoms with Gasteiger partial charge in [-0.25, -0.2) is 13.1 Å². The van der Waals surface area contributed by atoms with Crippen LogP contribution in [-0.2, 0) is 10.0 Å². The van der Waals surface area contributed by atoms with E-state index in [1.54, 1.807) is 0 Å². The number of hydrogen-bond donors (Lipinski definition) is 2. The molecular formula is C16H20N2O4S. The van der Waals surface area contributed by atoms with Crippen LogP contribution in [0.1, 0.15) is 36.0 Å². The second-order valence-corrected chi connectivity index (χ2v) is 7.04. The van der Waals surface area contributed by atoms with Gasteiger partial charge < -0.3 is 10.1 Å². The number of sulfonamides is 1. The van der Waals surface area contributed by atoms with Crippen molar-refractivity contribution in [2.24, 2.45) is 0 Å². The highest BCUT2D eigenvalue weighted by atomic mass is 32.2. The second-order valence-electron chi connectivity index (χ2n) is 5.36. The molecule has 0 unspecified atom stereocenters. The van der Waals surface area contributed by atoms with Crippen molar-refractivity contribution in [2.45, 2.75) is 36.6 Å². The van der Waals surface area contributed by atoms with Gasteiger partial charge in [0.25, 0.3) is 5.91 Å². The third kappa shape index (κ3) is 4.24. The van der Waals surface area contributed by atoms with Crippen LogP contribution in [0.3, 0.4) is 0 Å². The van der Waals surface area contributed by atoms with E-state index in [1.807, 2.05) is 0 Å². The van der Waals surface area contributed by atoms with Gasteiger partial charge >= 0.3 is 0 Å². The standard InChI is InChI=1S/C16H20N2O4S/c1-3-10-17-16(19)12-8-9-14(22-2)15(11-12)23(20,21)18-13-6-4-5-7-13/h1,8-9,11,13,18H,4-7,10H2,2H3,(H,17,19). The third-order valence-corrected chi connectivity index (χ3v) is 5.29. The molecule has 1 saturated carbocycles. The molecule has 2 rings (SSSR count). The molecule has 0 aliphatic heterocycles. The van der Waals surface area contributed by atoms with Crippen molar-refractivity contribution in [3.05, 3.63) is 23.8 Å². The van der Waals surface area contributed by atoms with E-state index in [0.717, 1.165) is 25.7 Å². The fraction of sp³-hybridized carbons (Fsp3) is 0.438. The summed E-state index contributed by atoms with van der Waals surface area (Å²) in [5, 5.41) is 2.51. The van der Waals surface area contributed by atoms with Crippen LogP contribution in [0, 0.1) is 12.3 Å². The molecule has 2 N–H and O–H groups in total. The van der Waals surface area contributed by atoms with Crippen molar-refractivity contribution in [2.75, 3.05) is 13.7 Å². The van der Waals surface area contributed by atoms with Gasteiger partial charge in [0, 0.05) is 11.6 Å². The van der Waals surface area contributed by atoms with E-state index in [-0.39, 0.29) is 28.8 Å². The Kier molecular flexibility index (Phi) is 5.64. The second kappa shape index (κ2) is 7.49. The lowest BCUT2D eigenvalue weighted by molar-refractivity contribution is 0.0958. The fourth-order valence-corrected chi connectivity index (χ4v) is 4.09. The number of benzene rings is 1. The summed E-state index contributed by atoms with van der Waals surface area (Å²) in [5.74, 6) is 2.07. The maximum atomic E-state index is 12.6. The maximum Gasteiger partial charge on any atom is 0.252 e. The molecule has 0 spiro atoms. The molecule has 1 aliphatic carbocycles. The van der Waals surface area contributed by atoms with Crippen LogP contribution in [0.4, 0.5) is 0 Å². The molecule has 0 saturated heterocycles. The molecule has 7 heteroatoms. The number of ether oxygens (including phenoxy) is 1. The summed E-state index contributed by atoms with van der Waals surface area (Å²) in [7, 11) is -2.37. The minimum atomic E-state index is -3.76. The number of amides is 1. The number of carbonyl (C=O) groups excluding carboxylic acids is 1. The summed E-state index contributed by atoms with van der Waals surface area (Å²) in [6, 6.07) is 4.21. The predicted molar refractivity (Wildman–Crippen MR) is 86.7 cm³/mol. The van der Waals surface area contributed by atoms with Crippen molar-refractivity contribution >= 4 is 15.9 Å². The molecule has 6 nitrogen and oxygen atoms in total. The number of terminal acetylenes is 1. The van der Waals surface area contributed by atoms with Gasteiger partial charge in [-0.3, -0.25) is 4.79 Å². The Bertz CT molecular complexity index is 716. The van der Waals surface area contributed by atoms with Crippen molar-refractivity contribution in [3.8, 4) is 18.1 Å². The van der Waals surface area contributed by atoms with E-state index in [0.29, 0.717) is 0 Å². The number of hydrogen-bond acceptors (Lipinski definition) is 4. The molecule has 0 bridgehead atoms. The van der Waals surface area contributed by atoms with E-state index in [2.05, 4.69) is 16.0 Å². The van der Waals surface area contributed by atoms with Crippen LogP contribution in [0.15, 0.2) is 23.1 Å². The molecule has 1 aromatic rings. The first kappa shape index (κ1) is 17.3. The van der Waals surface area contributed by atoms with Crippen LogP contribution < -0.4 is 14.8 Å². The Morgan fingerprint density at radius 3 is 2.70 bits per heavy atom. The molecule has 124 valence electrons. The minimum absolute atomic E-state index is 0.0414. The van der Waals surface area contributed by atoms with Crippen molar-refractivity contribution < 1.29 is 17.9 Å². The van der Waals surface area contributed by atoms with Crippen molar-refractivity contribution in [1.82, 2.24) is 10.0 Å². The van der Waals surface area contributed by atoms with E-state index in [4.69, 9.17) is 11.2 Å². The van der Waals surface area contributed by atoms with Gasteiger partial charge in [0.15, 0.2) is 0 Å². The third-order valence-electron chi connectivity index (χ3n) is 3.74. The van der Waals surface area contributed by atoms with Crippen LogP contribution in [0.5, 0.6) is 5.75 Å². The molecule has 1 aliphatic rings. The molecule has 1 aromatic carbocycles. The number of nitrogens with one attached hydrogen (secondary N) is 2. The normalized spacial score (nSPS) is 15.1. The van der Waals surface area contributed by atoms with Crippen molar-refractivity contribution in [3.63, 3.8) is 0 Å². The molecule has 0 atom stereocenters. The Morgan fingerprint density at radius 1 is 1.39 bits per heavy atom. The summed E-state index contributed by atoms with van der Waals surface area (Å²) < 4.78 is 33.0. The zero-order chi connectivity index (χ0) is 16.9. The Morgan fingerprint density at radius 2 is 2.09 bits per heavy atom. The predicted octanol–water partition coefficient (Wildman–Crippen LogP) is 1.28. The van der Waals surface area contributed by atoms with Crippen LogP contribution >= 0.6 is 0 Å². The largest absolute Gasteiger partial charge is 0.495 e. The Labute approximate surface area is 136 Å². The molecule has 0 radical (unpaired) electrons. The van der Waals surface area contributed by atoms with Crippen molar-refractivity contribution in [1.29, 1.82) is 0 Å². The zero-order valence-electron chi connectivity index (χ0n) is 13.0. The van der Waals surface area contributed by atoms with Gasteiger partial charge in [0.1, 0.15) is 10.6 Å². The summed E-state index contributed by atoms with van der Waals surface area (Å²) in [6.07, 6.45) is 8.77. The highest BCUT2D eigenvalue weighted by Crippen LogP contribution is 2.27. The van der Waals surface area contributed by atoms with Gasteiger partial charge in [-0.05, 0) is 31.0 Å². The van der Waals surface area contributed by atoms with Crippen LogP contribution in [-0.4, -0.2) is 34.0 Å². The molecule has 1 amide bonds. The molecule has 0 aromatic heterocycles. The van der Waals surface area contributed by atoms with E-state index >= 15 is 0 Å². The first-order valence-electron chi connectivity index (χ1n) is 7.40. The summed E-state index contributed by atoms with van der Waals surface area (Å²) in [5.41, 5.74) is 0.216. The average molecular weight is 336 g/mol. The van der Waals surface area contributed by atoms with Gasteiger partial charge in [0.2, 0.25) is 10.0 Å². The first-order valence-corrected chi connectivity index (χ1v) is 8.88. The highest BCUT2D eigenvalue weighted by molar-refractivity contribution is 7.89. The van der Waals surface area contributed by atoms with E-state index in [9.17, 15) is 13.2 Å². The monoisotopic (exact) mass is 336 g/mol.